The van der Waals surface area contributed by atoms with Crippen LogP contribution in [-0.2, 0) is 0 Å². The predicted molar refractivity (Wildman–Crippen MR) is 20.9 cm³/mol. The number of hydrogen-bond acceptors (Lipinski definition) is 2. The lowest BCUT2D eigenvalue weighted by atomic mass is 10.5. The Morgan fingerprint density at radius 1 is 1.71 bits per heavy atom. The summed E-state index contributed by atoms with van der Waals surface area (Å²) in [6.45, 7) is 1.05. The zero-order chi connectivity index (χ0) is 5.86. The van der Waals surface area contributed by atoms with Crippen molar-refractivity contribution in [3.8, 4) is 0 Å². The molecule has 0 saturated heterocycles. The van der Waals surface area contributed by atoms with Gasteiger partial charge in [-0.25, -0.2) is 8.78 Å². The maximum Gasteiger partial charge on any atom is 0.279 e. The van der Waals surface area contributed by atoms with E-state index in [-0.39, 0.29) is 0 Å². The highest BCUT2D eigenvalue weighted by Gasteiger charge is 2.04. The molecule has 0 atom stereocenters. The van der Waals surface area contributed by atoms with E-state index in [0.717, 1.165) is 6.92 Å². The van der Waals surface area contributed by atoms with E-state index in [1.807, 2.05) is 0 Å². The summed E-state index contributed by atoms with van der Waals surface area (Å²) in [7, 11) is 0. The lowest BCUT2D eigenvalue weighted by Crippen LogP contribution is -2.03. The standard InChI is InChI=1S/C3H5F2NO/c1-2(6-7)3(4)5/h3,7H,1H3/b6-2+. The summed E-state index contributed by atoms with van der Waals surface area (Å²) in [5, 5.41) is 9.87. The smallest absolute Gasteiger partial charge is 0.279 e. The van der Waals surface area contributed by atoms with Crippen LogP contribution < -0.4 is 0 Å². The monoisotopic (exact) mass is 109 g/mol. The summed E-state index contributed by atoms with van der Waals surface area (Å²) in [4.78, 5) is 0. The SMILES string of the molecule is C/C(=N\O)C(F)F. The van der Waals surface area contributed by atoms with E-state index in [0.29, 0.717) is 0 Å². The van der Waals surface area contributed by atoms with Gasteiger partial charge in [-0.1, -0.05) is 5.16 Å². The molecule has 0 aromatic carbocycles. The molecule has 0 spiro atoms. The maximum absolute atomic E-state index is 11.1. The molecule has 0 aliphatic carbocycles. The first kappa shape index (κ1) is 6.33. The van der Waals surface area contributed by atoms with E-state index in [1.165, 1.54) is 0 Å². The molecule has 0 amide bonds. The first-order valence-electron chi connectivity index (χ1n) is 1.65. The highest BCUT2D eigenvalue weighted by Crippen LogP contribution is 1.93. The molecule has 1 N–H and O–H groups in total. The second kappa shape index (κ2) is 2.49. The number of halogens is 2. The van der Waals surface area contributed by atoms with Crippen LogP contribution in [-0.4, -0.2) is 17.3 Å². The van der Waals surface area contributed by atoms with Gasteiger partial charge >= 0.3 is 0 Å². The molecule has 0 aliphatic heterocycles. The minimum atomic E-state index is -2.63. The van der Waals surface area contributed by atoms with Crippen LogP contribution in [0.5, 0.6) is 0 Å². The fourth-order valence-corrected chi connectivity index (χ4v) is 0.0436. The molecule has 0 rings (SSSR count). The first-order chi connectivity index (χ1) is 3.18. The Morgan fingerprint density at radius 2 is 2.14 bits per heavy atom. The average Bonchev–Trinajstić information content (AvgIpc) is 1.65. The molecule has 0 fully saturated rings. The van der Waals surface area contributed by atoms with Gasteiger partial charge in [-0.05, 0) is 6.92 Å². The van der Waals surface area contributed by atoms with Crippen molar-refractivity contribution in [1.29, 1.82) is 0 Å². The van der Waals surface area contributed by atoms with Crippen molar-refractivity contribution in [2.75, 3.05) is 0 Å². The van der Waals surface area contributed by atoms with Gasteiger partial charge < -0.3 is 5.21 Å². The van der Waals surface area contributed by atoms with Crippen molar-refractivity contribution < 1.29 is 14.0 Å². The van der Waals surface area contributed by atoms with E-state index in [9.17, 15) is 8.78 Å². The molecular weight excluding hydrogens is 104 g/mol. The molecule has 0 aromatic heterocycles. The Balaban J connectivity index is 3.56. The van der Waals surface area contributed by atoms with Gasteiger partial charge in [0.25, 0.3) is 6.43 Å². The molecule has 0 unspecified atom stereocenters. The van der Waals surface area contributed by atoms with Gasteiger partial charge in [0.15, 0.2) is 0 Å². The van der Waals surface area contributed by atoms with Gasteiger partial charge in [0.2, 0.25) is 0 Å². The number of hydrogen-bond donors (Lipinski definition) is 1. The Hall–Kier alpha value is -0.670. The summed E-state index contributed by atoms with van der Waals surface area (Å²) in [6.07, 6.45) is -2.63. The second-order valence-electron chi connectivity index (χ2n) is 1.04. The molecular formula is C3H5F2NO. The van der Waals surface area contributed by atoms with Crippen LogP contribution in [0.2, 0.25) is 0 Å². The largest absolute Gasteiger partial charge is 0.411 e. The van der Waals surface area contributed by atoms with Crippen LogP contribution in [0.25, 0.3) is 0 Å². The van der Waals surface area contributed by atoms with Gasteiger partial charge in [0.05, 0.1) is 0 Å². The number of alkyl halides is 2. The van der Waals surface area contributed by atoms with Crippen LogP contribution in [0.15, 0.2) is 5.16 Å². The Morgan fingerprint density at radius 3 is 2.14 bits per heavy atom. The summed E-state index contributed by atoms with van der Waals surface area (Å²) in [5.74, 6) is 0. The molecule has 42 valence electrons. The molecule has 0 saturated carbocycles. The fourth-order valence-electron chi connectivity index (χ4n) is 0.0436. The fraction of sp³-hybridized carbons (Fsp3) is 0.667. The van der Waals surface area contributed by atoms with Gasteiger partial charge in [-0.3, -0.25) is 0 Å². The van der Waals surface area contributed by atoms with Gasteiger partial charge in [0.1, 0.15) is 5.71 Å². The third-order valence-electron chi connectivity index (χ3n) is 0.474. The number of rotatable bonds is 1. The normalized spacial score (nSPS) is 12.9. The zero-order valence-electron chi connectivity index (χ0n) is 3.73. The molecule has 0 aliphatic rings. The highest BCUT2D eigenvalue weighted by molar-refractivity contribution is 5.84. The molecule has 4 heteroatoms. The average molecular weight is 109 g/mol. The van der Waals surface area contributed by atoms with E-state index in [4.69, 9.17) is 5.21 Å². The van der Waals surface area contributed by atoms with Gasteiger partial charge in [-0.15, -0.1) is 0 Å². The van der Waals surface area contributed by atoms with Crippen LogP contribution in [0.4, 0.5) is 8.78 Å². The van der Waals surface area contributed by atoms with Crippen molar-refractivity contribution in [2.24, 2.45) is 5.16 Å². The topological polar surface area (TPSA) is 32.6 Å². The third kappa shape index (κ3) is 2.08. The van der Waals surface area contributed by atoms with Crippen LogP contribution >= 0.6 is 0 Å². The number of nitrogens with zero attached hydrogens (tertiary/aromatic N) is 1. The lowest BCUT2D eigenvalue weighted by Gasteiger charge is -1.89. The molecule has 0 aromatic rings. The van der Waals surface area contributed by atoms with E-state index in [2.05, 4.69) is 5.16 Å². The second-order valence-corrected chi connectivity index (χ2v) is 1.04. The van der Waals surface area contributed by atoms with Crippen molar-refractivity contribution >= 4 is 5.71 Å². The van der Waals surface area contributed by atoms with Crippen molar-refractivity contribution in [1.82, 2.24) is 0 Å². The Labute approximate surface area is 39.4 Å². The predicted octanol–water partition coefficient (Wildman–Crippen LogP) is 1.10. The van der Waals surface area contributed by atoms with Crippen LogP contribution in [0.1, 0.15) is 6.92 Å². The first-order valence-corrected chi connectivity index (χ1v) is 1.65. The van der Waals surface area contributed by atoms with Gasteiger partial charge in [-0.2, -0.15) is 0 Å². The number of oxime groups is 1. The van der Waals surface area contributed by atoms with Crippen molar-refractivity contribution in [2.45, 2.75) is 13.3 Å². The highest BCUT2D eigenvalue weighted by atomic mass is 19.3. The Kier molecular flexibility index (Phi) is 2.26. The zero-order valence-corrected chi connectivity index (χ0v) is 3.73. The van der Waals surface area contributed by atoms with Crippen LogP contribution in [0.3, 0.4) is 0 Å². The Bertz CT molecular complexity index is 81.0. The summed E-state index contributed by atoms with van der Waals surface area (Å²) in [5.41, 5.74) is -0.556. The minimum absolute atomic E-state index is 0.556. The minimum Gasteiger partial charge on any atom is -0.411 e. The van der Waals surface area contributed by atoms with E-state index in [1.54, 1.807) is 0 Å². The molecule has 0 heterocycles. The van der Waals surface area contributed by atoms with Crippen LogP contribution in [0, 0.1) is 0 Å². The van der Waals surface area contributed by atoms with Gasteiger partial charge in [0, 0.05) is 0 Å². The van der Waals surface area contributed by atoms with E-state index >= 15 is 0 Å². The molecule has 0 radical (unpaired) electrons. The molecule has 0 bridgehead atoms. The lowest BCUT2D eigenvalue weighted by molar-refractivity contribution is 0.213. The summed E-state index contributed by atoms with van der Waals surface area (Å²) < 4.78 is 22.3. The molecule has 7 heavy (non-hydrogen) atoms. The molecule has 2 nitrogen and oxygen atoms in total. The van der Waals surface area contributed by atoms with Crippen molar-refractivity contribution in [3.05, 3.63) is 0 Å². The van der Waals surface area contributed by atoms with Crippen molar-refractivity contribution in [3.63, 3.8) is 0 Å². The summed E-state index contributed by atoms with van der Waals surface area (Å²) >= 11 is 0. The summed E-state index contributed by atoms with van der Waals surface area (Å²) in [6, 6.07) is 0. The quantitative estimate of drug-likeness (QED) is 0.305. The maximum atomic E-state index is 11.1. The third-order valence-corrected chi connectivity index (χ3v) is 0.474. The van der Waals surface area contributed by atoms with E-state index < -0.39 is 12.1 Å².